The van der Waals surface area contributed by atoms with E-state index in [2.05, 4.69) is 4.74 Å². The molecule has 2 fully saturated rings. The largest absolute Gasteiger partial charge is 0.573 e. The van der Waals surface area contributed by atoms with Crippen LogP contribution in [-0.2, 0) is 14.4 Å². The molecule has 2 heterocycles. The van der Waals surface area contributed by atoms with Gasteiger partial charge in [-0.2, -0.15) is 0 Å². The molecule has 0 aliphatic carbocycles. The summed E-state index contributed by atoms with van der Waals surface area (Å²) >= 11 is 6.22. The van der Waals surface area contributed by atoms with Gasteiger partial charge in [0.25, 0.3) is 5.91 Å². The molecule has 0 bridgehead atoms. The fourth-order valence-corrected chi connectivity index (χ4v) is 4.66. The van der Waals surface area contributed by atoms with Crippen LogP contribution in [0.3, 0.4) is 0 Å². The quantitative estimate of drug-likeness (QED) is 0.435. The molecule has 3 aromatic rings. The van der Waals surface area contributed by atoms with Gasteiger partial charge < -0.3 is 4.74 Å². The zero-order valence-corrected chi connectivity index (χ0v) is 19.0. The normalized spacial score (nSPS) is 22.0. The number of anilines is 2. The van der Waals surface area contributed by atoms with Gasteiger partial charge in [-0.3, -0.25) is 14.4 Å². The Morgan fingerprint density at radius 3 is 2.26 bits per heavy atom. The maximum absolute atomic E-state index is 13.7. The van der Waals surface area contributed by atoms with E-state index < -0.39 is 42.0 Å². The number of ether oxygens (including phenoxy) is 1. The minimum absolute atomic E-state index is 0.365. The van der Waals surface area contributed by atoms with Crippen molar-refractivity contribution < 1.29 is 32.3 Å². The van der Waals surface area contributed by atoms with E-state index in [1.807, 2.05) is 0 Å². The maximum Gasteiger partial charge on any atom is 0.573 e. The number of carbonyl (C=O) groups is 2. The monoisotopic (exact) mass is 502 g/mol. The number of hydrogen-bond acceptors (Lipinski definition) is 5. The number of benzene rings is 3. The lowest BCUT2D eigenvalue weighted by molar-refractivity contribution is -0.274. The molecule has 0 saturated carbocycles. The predicted octanol–water partition coefficient (Wildman–Crippen LogP) is 5.60. The highest BCUT2D eigenvalue weighted by atomic mass is 35.5. The molecule has 6 nitrogen and oxygen atoms in total. The summed E-state index contributed by atoms with van der Waals surface area (Å²) in [5, 5.41) is 1.87. The van der Waals surface area contributed by atoms with Gasteiger partial charge in [0.2, 0.25) is 5.91 Å². The van der Waals surface area contributed by atoms with Gasteiger partial charge >= 0.3 is 6.36 Å². The molecule has 0 radical (unpaired) electrons. The summed E-state index contributed by atoms with van der Waals surface area (Å²) in [6.07, 6.45) is -5.94. The van der Waals surface area contributed by atoms with E-state index >= 15 is 0 Å². The van der Waals surface area contributed by atoms with Crippen LogP contribution in [0.2, 0.25) is 5.02 Å². The minimum atomic E-state index is -4.83. The number of hydrogen-bond donors (Lipinski definition) is 0. The van der Waals surface area contributed by atoms with Crippen LogP contribution in [0.5, 0.6) is 5.75 Å². The van der Waals surface area contributed by atoms with E-state index in [0.29, 0.717) is 27.5 Å². The lowest BCUT2D eigenvalue weighted by Crippen LogP contribution is -2.37. The fraction of sp³-hybridized carbons (Fsp3) is 0.200. The van der Waals surface area contributed by atoms with Crippen molar-refractivity contribution in [2.45, 2.75) is 25.4 Å². The number of fused-ring (bicyclic) bond motifs is 1. The molecule has 0 spiro atoms. The molecule has 0 aromatic heterocycles. The molecular weight excluding hydrogens is 485 g/mol. The van der Waals surface area contributed by atoms with Crippen LogP contribution in [0.25, 0.3) is 0 Å². The second-order valence-corrected chi connectivity index (χ2v) is 8.58. The number of halogens is 4. The van der Waals surface area contributed by atoms with Crippen LogP contribution in [-0.4, -0.2) is 24.3 Å². The Hall–Kier alpha value is -3.56. The Morgan fingerprint density at radius 2 is 1.60 bits per heavy atom. The van der Waals surface area contributed by atoms with Crippen molar-refractivity contribution in [3.63, 3.8) is 0 Å². The molecule has 35 heavy (non-hydrogen) atoms. The average molecular weight is 503 g/mol. The fourth-order valence-electron chi connectivity index (χ4n) is 4.49. The van der Waals surface area contributed by atoms with Crippen molar-refractivity contribution in [2.75, 3.05) is 9.96 Å². The van der Waals surface area contributed by atoms with E-state index in [0.717, 1.165) is 4.90 Å². The average Bonchev–Trinajstić information content (AvgIpc) is 3.32. The summed E-state index contributed by atoms with van der Waals surface area (Å²) in [5.74, 6) is -2.35. The molecule has 3 atom stereocenters. The van der Waals surface area contributed by atoms with E-state index in [1.165, 1.54) is 29.3 Å². The van der Waals surface area contributed by atoms with Gasteiger partial charge in [-0.1, -0.05) is 48.0 Å². The summed E-state index contributed by atoms with van der Waals surface area (Å²) < 4.78 is 41.8. The zero-order chi connectivity index (χ0) is 24.9. The number of para-hydroxylation sites is 1. The molecule has 0 unspecified atom stereocenters. The molecule has 5 rings (SSSR count). The molecule has 3 aromatic carbocycles. The highest BCUT2D eigenvalue weighted by Gasteiger charge is 2.60. The number of amides is 2. The topological polar surface area (TPSA) is 59.1 Å². The number of hydroxylamine groups is 1. The van der Waals surface area contributed by atoms with E-state index in [9.17, 15) is 22.8 Å². The van der Waals surface area contributed by atoms with Crippen molar-refractivity contribution in [1.82, 2.24) is 0 Å². The van der Waals surface area contributed by atoms with E-state index in [4.69, 9.17) is 16.4 Å². The van der Waals surface area contributed by atoms with Gasteiger partial charge in [-0.25, -0.2) is 9.96 Å². The van der Waals surface area contributed by atoms with Crippen LogP contribution < -0.4 is 14.7 Å². The van der Waals surface area contributed by atoms with Crippen molar-refractivity contribution >= 4 is 34.8 Å². The Kier molecular flexibility index (Phi) is 5.69. The molecule has 0 N–H and O–H groups in total. The summed E-state index contributed by atoms with van der Waals surface area (Å²) in [6, 6.07) is 18.2. The van der Waals surface area contributed by atoms with Crippen molar-refractivity contribution in [3.8, 4) is 5.75 Å². The Labute approximate surface area is 203 Å². The first-order valence-electron chi connectivity index (χ1n) is 10.7. The number of rotatable bonds is 4. The van der Waals surface area contributed by atoms with E-state index in [-0.39, 0.29) is 0 Å². The second kappa shape index (κ2) is 8.58. The number of alkyl halides is 3. The third-order valence-corrected chi connectivity index (χ3v) is 6.47. The third-order valence-electron chi connectivity index (χ3n) is 6.06. The van der Waals surface area contributed by atoms with Crippen molar-refractivity contribution in [2.24, 2.45) is 5.92 Å². The van der Waals surface area contributed by atoms with Crippen LogP contribution >= 0.6 is 11.6 Å². The smallest absolute Gasteiger partial charge is 0.406 e. The standard InChI is InChI=1S/C25H18ClF3N2O4/c1-14-18(26)8-5-9-19(14)30-23(32)20-21(15-10-12-17(13-11-15)34-25(27,28)29)31(35-22(20)24(30)33)16-6-3-2-4-7-16/h2-13,20-22H,1H3/t20-,21-,22+/m1/s1. The lowest BCUT2D eigenvalue weighted by Gasteiger charge is -2.29. The summed E-state index contributed by atoms with van der Waals surface area (Å²) in [5.41, 5.74) is 2.01. The van der Waals surface area contributed by atoms with Gasteiger partial charge in [0.15, 0.2) is 6.10 Å². The Bertz CT molecular complexity index is 1280. The van der Waals surface area contributed by atoms with Crippen LogP contribution in [0.1, 0.15) is 17.2 Å². The van der Waals surface area contributed by atoms with Crippen LogP contribution in [0.4, 0.5) is 24.5 Å². The molecule has 2 saturated heterocycles. The van der Waals surface area contributed by atoms with E-state index in [1.54, 1.807) is 55.5 Å². The van der Waals surface area contributed by atoms with Crippen molar-refractivity contribution in [3.05, 3.63) is 88.9 Å². The van der Waals surface area contributed by atoms with Gasteiger partial charge in [0.05, 0.1) is 17.4 Å². The molecule has 2 aliphatic rings. The summed E-state index contributed by atoms with van der Waals surface area (Å²) in [7, 11) is 0. The predicted molar refractivity (Wildman–Crippen MR) is 122 cm³/mol. The first-order valence-corrected chi connectivity index (χ1v) is 11.0. The van der Waals surface area contributed by atoms with Gasteiger partial charge in [0, 0.05) is 5.02 Å². The molecule has 180 valence electrons. The first kappa shape index (κ1) is 23.2. The maximum atomic E-state index is 13.7. The third kappa shape index (κ3) is 4.11. The Balaban J connectivity index is 1.55. The summed E-state index contributed by atoms with van der Waals surface area (Å²) in [4.78, 5) is 34.2. The minimum Gasteiger partial charge on any atom is -0.406 e. The molecule has 2 aliphatic heterocycles. The first-order chi connectivity index (χ1) is 16.7. The molecule has 2 amide bonds. The number of carbonyl (C=O) groups excluding carboxylic acids is 2. The SMILES string of the molecule is Cc1c(Cl)cccc1N1C(=O)[C@H]2[C@H](ON(c3ccccc3)[C@@H]2c2ccc(OC(F)(F)F)cc2)C1=O. The number of nitrogens with zero attached hydrogens (tertiary/aromatic N) is 2. The zero-order valence-electron chi connectivity index (χ0n) is 18.2. The van der Waals surface area contributed by atoms with Gasteiger partial charge in [0.1, 0.15) is 11.7 Å². The highest BCUT2D eigenvalue weighted by Crippen LogP contribution is 2.48. The molecular formula is C25H18ClF3N2O4. The second-order valence-electron chi connectivity index (χ2n) is 8.17. The Morgan fingerprint density at radius 1 is 0.914 bits per heavy atom. The summed E-state index contributed by atoms with van der Waals surface area (Å²) in [6.45, 7) is 1.71. The van der Waals surface area contributed by atoms with Crippen LogP contribution in [0, 0.1) is 12.8 Å². The number of imide groups is 1. The van der Waals surface area contributed by atoms with Crippen molar-refractivity contribution in [1.29, 1.82) is 0 Å². The van der Waals surface area contributed by atoms with Gasteiger partial charge in [-0.05, 0) is 54.4 Å². The highest BCUT2D eigenvalue weighted by molar-refractivity contribution is 6.32. The van der Waals surface area contributed by atoms with Gasteiger partial charge in [-0.15, -0.1) is 13.2 Å². The lowest BCUT2D eigenvalue weighted by atomic mass is 9.90. The van der Waals surface area contributed by atoms with Crippen LogP contribution in [0.15, 0.2) is 72.8 Å². The molecule has 10 heteroatoms.